The minimum Gasteiger partial charge on any atom is -0.475 e. The summed E-state index contributed by atoms with van der Waals surface area (Å²) < 4.78 is 31.7. The first kappa shape index (κ1) is 20.2. The van der Waals surface area contributed by atoms with E-state index >= 15 is 0 Å². The number of carboxylic acids is 1. The Bertz CT molecular complexity index is 606. The smallest absolute Gasteiger partial charge is 0.475 e. The fraction of sp³-hybridized carbons (Fsp3) is 0.467. The highest BCUT2D eigenvalue weighted by molar-refractivity contribution is 6.30. The Morgan fingerprint density at radius 1 is 1.33 bits per heavy atom. The first-order valence-corrected chi connectivity index (χ1v) is 7.40. The van der Waals surface area contributed by atoms with E-state index in [9.17, 15) is 18.0 Å². The summed E-state index contributed by atoms with van der Waals surface area (Å²) in [5.41, 5.74) is 0.641. The van der Waals surface area contributed by atoms with Crippen molar-refractivity contribution in [2.45, 2.75) is 25.6 Å². The van der Waals surface area contributed by atoms with Gasteiger partial charge in [0.2, 0.25) is 0 Å². The number of benzene rings is 1. The van der Waals surface area contributed by atoms with Crippen molar-refractivity contribution in [2.75, 3.05) is 19.6 Å². The molecule has 0 aromatic heterocycles. The van der Waals surface area contributed by atoms with Gasteiger partial charge in [-0.05, 0) is 32.0 Å². The average Bonchev–Trinajstić information content (AvgIpc) is 2.45. The molecule has 1 amide bonds. The zero-order chi connectivity index (χ0) is 18.5. The predicted octanol–water partition coefficient (Wildman–Crippen LogP) is 2.80. The van der Waals surface area contributed by atoms with Crippen molar-refractivity contribution in [1.29, 1.82) is 0 Å². The number of aliphatic carboxylic acids is 1. The largest absolute Gasteiger partial charge is 0.490 e. The van der Waals surface area contributed by atoms with Crippen LogP contribution in [0.25, 0.3) is 0 Å². The summed E-state index contributed by atoms with van der Waals surface area (Å²) >= 11 is 5.90. The Morgan fingerprint density at radius 3 is 2.38 bits per heavy atom. The molecule has 5 nitrogen and oxygen atoms in total. The van der Waals surface area contributed by atoms with Gasteiger partial charge in [-0.1, -0.05) is 17.7 Å². The summed E-state index contributed by atoms with van der Waals surface area (Å²) in [6.45, 7) is 6.50. The number of rotatable bonds is 1. The summed E-state index contributed by atoms with van der Waals surface area (Å²) in [6, 6.07) is 7.12. The van der Waals surface area contributed by atoms with Gasteiger partial charge >= 0.3 is 12.1 Å². The number of carbonyl (C=O) groups excluding carboxylic acids is 1. The lowest BCUT2D eigenvalue weighted by Crippen LogP contribution is -2.58. The molecule has 0 saturated carbocycles. The summed E-state index contributed by atoms with van der Waals surface area (Å²) in [5.74, 6) is -2.70. The molecule has 0 aliphatic carbocycles. The van der Waals surface area contributed by atoms with E-state index in [-0.39, 0.29) is 11.4 Å². The van der Waals surface area contributed by atoms with Crippen molar-refractivity contribution in [2.24, 2.45) is 0 Å². The number of nitrogens with one attached hydrogen (secondary N) is 1. The number of amides is 1. The maximum atomic E-state index is 12.3. The molecule has 1 saturated heterocycles. The number of halogens is 4. The maximum absolute atomic E-state index is 12.3. The Labute approximate surface area is 142 Å². The molecule has 0 unspecified atom stereocenters. The van der Waals surface area contributed by atoms with Crippen LogP contribution in [0.5, 0.6) is 0 Å². The lowest BCUT2D eigenvalue weighted by molar-refractivity contribution is -0.192. The molecular weight excluding hydrogens is 349 g/mol. The summed E-state index contributed by atoms with van der Waals surface area (Å²) in [6.07, 6.45) is -5.08. The molecular formula is C15H18ClF3N2O3. The van der Waals surface area contributed by atoms with Gasteiger partial charge < -0.3 is 15.3 Å². The van der Waals surface area contributed by atoms with Gasteiger partial charge in [-0.3, -0.25) is 4.79 Å². The van der Waals surface area contributed by atoms with Crippen LogP contribution >= 0.6 is 11.6 Å². The number of hydrogen-bond donors (Lipinski definition) is 2. The minimum atomic E-state index is -5.08. The second-order valence-corrected chi connectivity index (χ2v) is 6.29. The van der Waals surface area contributed by atoms with E-state index < -0.39 is 12.1 Å². The molecule has 1 fully saturated rings. The van der Waals surface area contributed by atoms with Crippen molar-refractivity contribution in [3.63, 3.8) is 0 Å². The molecule has 1 heterocycles. The second kappa shape index (κ2) is 7.85. The van der Waals surface area contributed by atoms with Gasteiger partial charge in [-0.25, -0.2) is 4.79 Å². The zero-order valence-corrected chi connectivity index (χ0v) is 13.9. The minimum absolute atomic E-state index is 0.0213. The summed E-state index contributed by atoms with van der Waals surface area (Å²) in [5, 5.41) is 11.1. The van der Waals surface area contributed by atoms with Crippen LogP contribution in [0, 0.1) is 0 Å². The van der Waals surface area contributed by atoms with Gasteiger partial charge in [0.15, 0.2) is 0 Å². The van der Waals surface area contributed by atoms with Gasteiger partial charge in [0.05, 0.1) is 0 Å². The van der Waals surface area contributed by atoms with Crippen LogP contribution in [0.15, 0.2) is 24.3 Å². The molecule has 1 aromatic rings. The first-order chi connectivity index (χ1) is 10.9. The third-order valence-electron chi connectivity index (χ3n) is 3.17. The maximum Gasteiger partial charge on any atom is 0.490 e. The molecule has 1 aliphatic rings. The third kappa shape index (κ3) is 6.37. The molecule has 1 aliphatic heterocycles. The van der Waals surface area contributed by atoms with Crippen LogP contribution in [0.2, 0.25) is 5.02 Å². The molecule has 9 heteroatoms. The Kier molecular flexibility index (Phi) is 6.62. The third-order valence-corrected chi connectivity index (χ3v) is 3.41. The van der Waals surface area contributed by atoms with Crippen LogP contribution in [0.1, 0.15) is 24.2 Å². The summed E-state index contributed by atoms with van der Waals surface area (Å²) in [4.78, 5) is 23.1. The second-order valence-electron chi connectivity index (χ2n) is 5.85. The van der Waals surface area contributed by atoms with Gasteiger partial charge in [-0.2, -0.15) is 13.2 Å². The van der Waals surface area contributed by atoms with Crippen LogP contribution in [-0.4, -0.2) is 53.2 Å². The molecule has 1 aromatic carbocycles. The standard InChI is InChI=1S/C13H17ClN2O.C2HF3O2/c1-13(2)9-16(7-6-15-13)12(17)10-4-3-5-11(14)8-10;3-2(4,5)1(6)7/h3-5,8,15H,6-7,9H2,1-2H3;(H,6,7). The van der Waals surface area contributed by atoms with Gasteiger partial charge in [-0.15, -0.1) is 0 Å². The van der Waals surface area contributed by atoms with Crippen LogP contribution in [0.3, 0.4) is 0 Å². The molecule has 2 N–H and O–H groups in total. The van der Waals surface area contributed by atoms with Crippen molar-refractivity contribution in [3.05, 3.63) is 34.9 Å². The molecule has 0 atom stereocenters. The van der Waals surface area contributed by atoms with Crippen molar-refractivity contribution >= 4 is 23.5 Å². The highest BCUT2D eigenvalue weighted by Gasteiger charge is 2.38. The Morgan fingerprint density at radius 2 is 1.92 bits per heavy atom. The lowest BCUT2D eigenvalue weighted by Gasteiger charge is -2.39. The van der Waals surface area contributed by atoms with Crippen molar-refractivity contribution < 1.29 is 27.9 Å². The molecule has 0 radical (unpaired) electrons. The molecule has 0 spiro atoms. The molecule has 134 valence electrons. The van der Waals surface area contributed by atoms with E-state index in [4.69, 9.17) is 21.5 Å². The molecule has 24 heavy (non-hydrogen) atoms. The number of piperazine rings is 1. The quantitative estimate of drug-likeness (QED) is 0.802. The zero-order valence-electron chi connectivity index (χ0n) is 13.2. The van der Waals surface area contributed by atoms with E-state index in [1.54, 1.807) is 12.1 Å². The molecule has 2 rings (SSSR count). The lowest BCUT2D eigenvalue weighted by atomic mass is 10.0. The fourth-order valence-corrected chi connectivity index (χ4v) is 2.31. The average molecular weight is 367 g/mol. The van der Waals surface area contributed by atoms with E-state index in [1.807, 2.05) is 17.0 Å². The summed E-state index contributed by atoms with van der Waals surface area (Å²) in [7, 11) is 0. The van der Waals surface area contributed by atoms with Crippen LogP contribution < -0.4 is 5.32 Å². The SMILES string of the molecule is CC1(C)CN(C(=O)c2cccc(Cl)c2)CCN1.O=C(O)C(F)(F)F. The topological polar surface area (TPSA) is 69.6 Å². The first-order valence-electron chi connectivity index (χ1n) is 7.02. The van der Waals surface area contributed by atoms with Gasteiger partial charge in [0, 0.05) is 35.8 Å². The van der Waals surface area contributed by atoms with Crippen molar-refractivity contribution in [1.82, 2.24) is 10.2 Å². The number of carboxylic acid groups (broad SMARTS) is 1. The number of alkyl halides is 3. The number of nitrogens with zero attached hydrogens (tertiary/aromatic N) is 1. The molecule has 0 bridgehead atoms. The Hall–Kier alpha value is -1.80. The van der Waals surface area contributed by atoms with E-state index in [0.717, 1.165) is 19.6 Å². The monoisotopic (exact) mass is 366 g/mol. The van der Waals surface area contributed by atoms with Crippen molar-refractivity contribution in [3.8, 4) is 0 Å². The highest BCUT2D eigenvalue weighted by Crippen LogP contribution is 2.16. The van der Waals surface area contributed by atoms with Crippen LogP contribution in [-0.2, 0) is 4.79 Å². The predicted molar refractivity (Wildman–Crippen MR) is 83.1 cm³/mol. The Balaban J connectivity index is 0.000000351. The van der Waals surface area contributed by atoms with Gasteiger partial charge in [0.25, 0.3) is 5.91 Å². The van der Waals surface area contributed by atoms with Gasteiger partial charge in [0.1, 0.15) is 0 Å². The number of carbonyl (C=O) groups is 2. The van der Waals surface area contributed by atoms with E-state index in [0.29, 0.717) is 10.6 Å². The van der Waals surface area contributed by atoms with E-state index in [1.165, 1.54) is 0 Å². The fourth-order valence-electron chi connectivity index (χ4n) is 2.12. The van der Waals surface area contributed by atoms with Crippen LogP contribution in [0.4, 0.5) is 13.2 Å². The van der Waals surface area contributed by atoms with E-state index in [2.05, 4.69) is 19.2 Å². The normalized spacial score (nSPS) is 16.8. The highest BCUT2D eigenvalue weighted by atomic mass is 35.5. The number of hydrogen-bond acceptors (Lipinski definition) is 3.